The smallest absolute Gasteiger partial charge is 0.435 e. The molecule has 5 atom stereocenters. The van der Waals surface area contributed by atoms with Crippen molar-refractivity contribution in [2.24, 2.45) is 0 Å². The van der Waals surface area contributed by atoms with Crippen LogP contribution >= 0.6 is 11.6 Å². The van der Waals surface area contributed by atoms with Crippen LogP contribution < -0.4 is 4.74 Å². The Kier molecular flexibility index (Phi) is 12.3. The van der Waals surface area contributed by atoms with Crippen LogP contribution in [0.1, 0.15) is 43.6 Å². The minimum atomic E-state index is -4.86. The highest BCUT2D eigenvalue weighted by atomic mass is 35.5. The number of ether oxygens (including phenoxy) is 8. The normalized spacial score (nSPS) is 21.5. The fourth-order valence-corrected chi connectivity index (χ4v) is 4.32. The number of alkyl halides is 4. The number of halogens is 5. The maximum Gasteiger partial charge on any atom is 0.573 e. The van der Waals surface area contributed by atoms with E-state index in [0.29, 0.717) is 11.1 Å². The molecule has 11 nitrogen and oxygen atoms in total. The Morgan fingerprint density at radius 1 is 0.818 bits per heavy atom. The van der Waals surface area contributed by atoms with Gasteiger partial charge in [0.05, 0.1) is 19.8 Å². The lowest BCUT2D eigenvalue weighted by molar-refractivity contribution is -0.274. The van der Waals surface area contributed by atoms with Crippen LogP contribution in [0, 0.1) is 0 Å². The molecule has 0 radical (unpaired) electrons. The molecule has 0 bridgehead atoms. The Hall–Kier alpha value is -3.98. The molecular weight excluding hydrogens is 624 g/mol. The first kappa shape index (κ1) is 34.5. The predicted octanol–water partition coefficient (Wildman–Crippen LogP) is 6.82. The summed E-state index contributed by atoms with van der Waals surface area (Å²) in [6, 6.07) is 9.44. The van der Waals surface area contributed by atoms with Crippen LogP contribution in [0.5, 0.6) is 5.75 Å². The summed E-state index contributed by atoms with van der Waals surface area (Å²) < 4.78 is 92.7. The zero-order valence-corrected chi connectivity index (χ0v) is 24.4. The summed E-state index contributed by atoms with van der Waals surface area (Å²) in [6.07, 6.45) is -18.0. The largest absolute Gasteiger partial charge is 0.573 e. The molecule has 242 valence electrons. The Labute approximate surface area is 254 Å². The molecule has 0 amide bonds. The maximum atomic E-state index is 15.7. The van der Waals surface area contributed by atoms with E-state index in [1.165, 1.54) is 51.1 Å². The first-order valence-electron chi connectivity index (χ1n) is 13.3. The zero-order chi connectivity index (χ0) is 32.4. The number of benzene rings is 2. The van der Waals surface area contributed by atoms with Gasteiger partial charge in [-0.2, -0.15) is 0 Å². The highest BCUT2D eigenvalue weighted by Crippen LogP contribution is 2.39. The third kappa shape index (κ3) is 9.77. The van der Waals surface area contributed by atoms with Crippen molar-refractivity contribution in [3.05, 3.63) is 64.2 Å². The molecule has 1 fully saturated rings. The van der Waals surface area contributed by atoms with Gasteiger partial charge in [-0.05, 0) is 62.1 Å². The number of hydrogen-bond acceptors (Lipinski definition) is 11. The minimum absolute atomic E-state index is 0.104. The summed E-state index contributed by atoms with van der Waals surface area (Å²) in [5.41, 5.74) is 1.18. The number of carbonyl (C=O) groups excluding carboxylic acids is 3. The fraction of sp³-hybridized carbons (Fsp3) is 0.464. The molecule has 0 spiro atoms. The van der Waals surface area contributed by atoms with Gasteiger partial charge in [-0.3, -0.25) is 0 Å². The predicted molar refractivity (Wildman–Crippen MR) is 142 cm³/mol. The molecule has 2 aromatic carbocycles. The number of carbonyl (C=O) groups is 3. The topological polar surface area (TPSA) is 125 Å². The van der Waals surface area contributed by atoms with Gasteiger partial charge in [0.15, 0.2) is 12.2 Å². The van der Waals surface area contributed by atoms with Crippen molar-refractivity contribution < 1.29 is 69.8 Å². The second-order valence-electron chi connectivity index (χ2n) is 8.92. The van der Waals surface area contributed by atoms with Crippen LogP contribution in [-0.2, 0) is 39.6 Å². The molecule has 0 N–H and O–H groups in total. The molecule has 16 heteroatoms. The minimum Gasteiger partial charge on any atom is -0.435 e. The van der Waals surface area contributed by atoms with Crippen molar-refractivity contribution in [1.29, 1.82) is 0 Å². The fourth-order valence-electron chi connectivity index (χ4n) is 4.14. The zero-order valence-electron chi connectivity index (χ0n) is 23.6. The van der Waals surface area contributed by atoms with E-state index in [2.05, 4.69) is 4.74 Å². The van der Waals surface area contributed by atoms with E-state index in [1.54, 1.807) is 0 Å². The number of hydrogen-bond donors (Lipinski definition) is 0. The second-order valence-corrected chi connectivity index (χ2v) is 9.33. The van der Waals surface area contributed by atoms with E-state index in [1.807, 2.05) is 0 Å². The lowest BCUT2D eigenvalue weighted by Gasteiger charge is -2.41. The quantitative estimate of drug-likeness (QED) is 0.152. The van der Waals surface area contributed by atoms with Gasteiger partial charge in [0, 0.05) is 5.02 Å². The van der Waals surface area contributed by atoms with Gasteiger partial charge in [0.1, 0.15) is 11.9 Å². The molecule has 2 aromatic rings. The summed E-state index contributed by atoms with van der Waals surface area (Å²) in [5, 5.41) is 0.241. The standard InChI is InChI=1S/C28H29ClF4O11/c1-4-37-25(34)41-22-20(30)24(43-27(36)39-6-3)40-21(23(22)42-26(35)38-5-2)16-9-12-19(29)17(14-16)13-15-7-10-18(11-8-15)44-28(31,32)33/h7-12,14,20-24H,4-6,13H2,1-3H3/t20?,21-,22-,23-,24+/m0/s1. The van der Waals surface area contributed by atoms with E-state index in [4.69, 9.17) is 44.8 Å². The molecule has 0 saturated carbocycles. The van der Waals surface area contributed by atoms with Crippen molar-refractivity contribution in [2.75, 3.05) is 19.8 Å². The van der Waals surface area contributed by atoms with Crippen molar-refractivity contribution in [2.45, 2.75) is 64.3 Å². The molecule has 1 aliphatic rings. The summed E-state index contributed by atoms with van der Waals surface area (Å²) in [6.45, 7) is 4.13. The van der Waals surface area contributed by atoms with Gasteiger partial charge >= 0.3 is 24.8 Å². The highest BCUT2D eigenvalue weighted by Gasteiger charge is 2.53. The van der Waals surface area contributed by atoms with Gasteiger partial charge in [-0.25, -0.2) is 18.8 Å². The summed E-state index contributed by atoms with van der Waals surface area (Å²) in [7, 11) is 0. The molecule has 1 unspecified atom stereocenters. The van der Waals surface area contributed by atoms with Crippen molar-refractivity contribution in [3.63, 3.8) is 0 Å². The molecule has 44 heavy (non-hydrogen) atoms. The van der Waals surface area contributed by atoms with Gasteiger partial charge in [-0.1, -0.05) is 35.9 Å². The SMILES string of the molecule is CCOC(=O)O[C@H]1O[C@@H](c2ccc(Cl)c(Cc3ccc(OC(F)(F)F)cc3)c2)[C@H](OC(=O)OCC)[C@@H](OC(=O)OCC)C1F. The van der Waals surface area contributed by atoms with E-state index in [-0.39, 0.29) is 36.8 Å². The first-order valence-corrected chi connectivity index (χ1v) is 13.7. The second kappa shape index (κ2) is 15.7. The summed E-state index contributed by atoms with van der Waals surface area (Å²) in [4.78, 5) is 36.7. The third-order valence-corrected chi connectivity index (χ3v) is 6.26. The van der Waals surface area contributed by atoms with Crippen LogP contribution in [0.25, 0.3) is 0 Å². The third-order valence-electron chi connectivity index (χ3n) is 5.89. The Bertz CT molecular complexity index is 1280. The number of rotatable bonds is 10. The highest BCUT2D eigenvalue weighted by molar-refractivity contribution is 6.31. The molecular formula is C28H29ClF4O11. The van der Waals surface area contributed by atoms with Crippen LogP contribution in [0.3, 0.4) is 0 Å². The molecule has 3 rings (SSSR count). The van der Waals surface area contributed by atoms with E-state index in [9.17, 15) is 27.6 Å². The van der Waals surface area contributed by atoms with Gasteiger partial charge in [-0.15, -0.1) is 13.2 Å². The average Bonchev–Trinajstić information content (AvgIpc) is 2.94. The Morgan fingerprint density at radius 3 is 1.91 bits per heavy atom. The molecule has 1 saturated heterocycles. The molecule has 0 aliphatic carbocycles. The molecule has 0 aromatic heterocycles. The lowest BCUT2D eigenvalue weighted by Crippen LogP contribution is -2.56. The molecule has 1 heterocycles. The summed E-state index contributed by atoms with van der Waals surface area (Å²) in [5.74, 6) is -0.420. The van der Waals surface area contributed by atoms with Gasteiger partial charge in [0.2, 0.25) is 12.5 Å². The van der Waals surface area contributed by atoms with E-state index >= 15 is 4.39 Å². The van der Waals surface area contributed by atoms with Crippen LogP contribution in [0.4, 0.5) is 31.9 Å². The van der Waals surface area contributed by atoms with Crippen molar-refractivity contribution in [3.8, 4) is 5.75 Å². The first-order chi connectivity index (χ1) is 20.8. The molecule has 1 aliphatic heterocycles. The van der Waals surface area contributed by atoms with Crippen LogP contribution in [0.2, 0.25) is 5.02 Å². The van der Waals surface area contributed by atoms with E-state index in [0.717, 1.165) is 12.1 Å². The Balaban J connectivity index is 2.00. The van der Waals surface area contributed by atoms with Crippen LogP contribution in [-0.4, -0.2) is 69.3 Å². The van der Waals surface area contributed by atoms with Gasteiger partial charge in [0.25, 0.3) is 0 Å². The summed E-state index contributed by atoms with van der Waals surface area (Å²) >= 11 is 6.40. The van der Waals surface area contributed by atoms with Crippen molar-refractivity contribution >= 4 is 30.1 Å². The van der Waals surface area contributed by atoms with Crippen molar-refractivity contribution in [1.82, 2.24) is 0 Å². The van der Waals surface area contributed by atoms with Crippen LogP contribution in [0.15, 0.2) is 42.5 Å². The Morgan fingerprint density at radius 2 is 1.36 bits per heavy atom. The van der Waals surface area contributed by atoms with Gasteiger partial charge < -0.3 is 37.9 Å². The lowest BCUT2D eigenvalue weighted by atomic mass is 9.92. The van der Waals surface area contributed by atoms with E-state index < -0.39 is 61.4 Å². The monoisotopic (exact) mass is 652 g/mol. The average molecular weight is 653 g/mol. The maximum absolute atomic E-state index is 15.7.